The first kappa shape index (κ1) is 16.3. The second kappa shape index (κ2) is 6.59. The summed E-state index contributed by atoms with van der Waals surface area (Å²) in [5, 5.41) is 4.20. The van der Waals surface area contributed by atoms with Gasteiger partial charge in [0.05, 0.1) is 5.39 Å². The zero-order chi connectivity index (χ0) is 17.4. The third kappa shape index (κ3) is 2.95. The van der Waals surface area contributed by atoms with Crippen LogP contribution in [0.25, 0.3) is 10.2 Å². The lowest BCUT2D eigenvalue weighted by Crippen LogP contribution is -2.27. The maximum atomic E-state index is 13.2. The van der Waals surface area contributed by atoms with Gasteiger partial charge < -0.3 is 5.32 Å². The Morgan fingerprint density at radius 3 is 2.76 bits per heavy atom. The van der Waals surface area contributed by atoms with E-state index in [-0.39, 0.29) is 11.6 Å². The quantitative estimate of drug-likeness (QED) is 0.771. The number of aromatic nitrogens is 3. The highest BCUT2D eigenvalue weighted by molar-refractivity contribution is 7.18. The summed E-state index contributed by atoms with van der Waals surface area (Å²) in [6, 6.07) is 3.99. The molecule has 0 saturated heterocycles. The predicted octanol–water partition coefficient (Wildman–Crippen LogP) is 3.92. The second-order valence-corrected chi connectivity index (χ2v) is 7.89. The number of fused-ring (bicyclic) bond motifs is 3. The molecule has 0 bridgehead atoms. The van der Waals surface area contributed by atoms with Gasteiger partial charge >= 0.3 is 0 Å². The lowest BCUT2D eigenvalue weighted by Gasteiger charge is -2.17. The van der Waals surface area contributed by atoms with Crippen molar-refractivity contribution in [2.24, 2.45) is 0 Å². The Labute approximate surface area is 150 Å². The molecule has 0 radical (unpaired) electrons. The molecule has 4 rings (SSSR count). The molecule has 0 aromatic carbocycles. The van der Waals surface area contributed by atoms with Gasteiger partial charge in [0.2, 0.25) is 5.95 Å². The molecular weight excluding hydrogens is 332 g/mol. The van der Waals surface area contributed by atoms with E-state index in [2.05, 4.69) is 10.3 Å². The van der Waals surface area contributed by atoms with Crippen molar-refractivity contribution in [2.45, 2.75) is 52.1 Å². The molecule has 5 nitrogen and oxygen atoms in total. The van der Waals surface area contributed by atoms with Crippen LogP contribution in [-0.2, 0) is 19.4 Å². The van der Waals surface area contributed by atoms with Gasteiger partial charge in [-0.25, -0.2) is 4.98 Å². The molecule has 0 amide bonds. The third-order valence-corrected chi connectivity index (χ3v) is 5.92. The average molecular weight is 354 g/mol. The zero-order valence-electron chi connectivity index (χ0n) is 14.6. The summed E-state index contributed by atoms with van der Waals surface area (Å²) < 4.78 is 1.80. The van der Waals surface area contributed by atoms with Crippen molar-refractivity contribution in [1.82, 2.24) is 14.5 Å². The highest BCUT2D eigenvalue weighted by Gasteiger charge is 2.22. The average Bonchev–Trinajstić information content (AvgIpc) is 2.99. The van der Waals surface area contributed by atoms with Crippen molar-refractivity contribution in [1.29, 1.82) is 0 Å². The molecule has 0 spiro atoms. The Morgan fingerprint density at radius 2 is 2.00 bits per heavy atom. The number of pyridine rings is 1. The van der Waals surface area contributed by atoms with Gasteiger partial charge in [-0.1, -0.05) is 0 Å². The number of hydrogen-bond acceptors (Lipinski definition) is 5. The minimum absolute atomic E-state index is 0.0588. The van der Waals surface area contributed by atoms with Crippen LogP contribution in [0, 0.1) is 0 Å². The number of nitrogens with one attached hydrogen (secondary N) is 1. The van der Waals surface area contributed by atoms with Gasteiger partial charge in [0, 0.05) is 29.9 Å². The molecule has 6 heteroatoms. The molecule has 0 unspecified atom stereocenters. The first-order valence-electron chi connectivity index (χ1n) is 8.84. The third-order valence-electron chi connectivity index (χ3n) is 4.74. The fourth-order valence-electron chi connectivity index (χ4n) is 3.50. The minimum Gasteiger partial charge on any atom is -0.351 e. The fourth-order valence-corrected chi connectivity index (χ4v) is 4.75. The van der Waals surface area contributed by atoms with Gasteiger partial charge in [0.1, 0.15) is 4.83 Å². The first-order chi connectivity index (χ1) is 12.1. The molecule has 1 N–H and O–H groups in total. The van der Waals surface area contributed by atoms with E-state index in [1.54, 1.807) is 28.3 Å². The summed E-state index contributed by atoms with van der Waals surface area (Å²) >= 11 is 1.70. The van der Waals surface area contributed by atoms with E-state index in [9.17, 15) is 4.79 Å². The van der Waals surface area contributed by atoms with Crippen LogP contribution in [0.1, 0.15) is 48.7 Å². The summed E-state index contributed by atoms with van der Waals surface area (Å²) in [6.07, 6.45) is 8.02. The first-order valence-corrected chi connectivity index (χ1v) is 9.66. The van der Waals surface area contributed by atoms with E-state index >= 15 is 0 Å². The van der Waals surface area contributed by atoms with Gasteiger partial charge in [-0.05, 0) is 62.8 Å². The molecule has 0 aliphatic heterocycles. The molecule has 0 saturated carbocycles. The summed E-state index contributed by atoms with van der Waals surface area (Å²) in [6.45, 7) is 4.69. The highest BCUT2D eigenvalue weighted by Crippen LogP contribution is 2.34. The summed E-state index contributed by atoms with van der Waals surface area (Å²) in [7, 11) is 0. The van der Waals surface area contributed by atoms with Crippen molar-refractivity contribution in [3.63, 3.8) is 0 Å². The normalized spacial score (nSPS) is 14.0. The fraction of sp³-hybridized carbons (Fsp3) is 0.421. The van der Waals surface area contributed by atoms with Crippen molar-refractivity contribution >= 4 is 27.5 Å². The molecule has 3 aromatic heterocycles. The topological polar surface area (TPSA) is 59.8 Å². The van der Waals surface area contributed by atoms with Crippen LogP contribution in [-0.4, -0.2) is 14.5 Å². The second-order valence-electron chi connectivity index (χ2n) is 6.80. The van der Waals surface area contributed by atoms with Gasteiger partial charge in [-0.15, -0.1) is 11.3 Å². The highest BCUT2D eigenvalue weighted by atomic mass is 32.1. The molecule has 1 aliphatic carbocycles. The number of nitrogens with zero attached hydrogens (tertiary/aromatic N) is 3. The molecule has 3 aromatic rings. The summed E-state index contributed by atoms with van der Waals surface area (Å²) in [5.74, 6) is 0.655. The minimum atomic E-state index is 0.0588. The molecule has 0 fully saturated rings. The molecule has 130 valence electrons. The number of thiophene rings is 1. The van der Waals surface area contributed by atoms with Crippen molar-refractivity contribution in [3.8, 4) is 0 Å². The Hall–Kier alpha value is -2.21. The van der Waals surface area contributed by atoms with Crippen LogP contribution in [0.3, 0.4) is 0 Å². The van der Waals surface area contributed by atoms with Crippen LogP contribution < -0.4 is 10.9 Å². The summed E-state index contributed by atoms with van der Waals surface area (Å²) in [4.78, 5) is 24.3. The van der Waals surface area contributed by atoms with Crippen LogP contribution in [0.4, 0.5) is 5.95 Å². The standard InChI is InChI=1S/C19H22N4OS/c1-12(2)23-18(24)16-14-5-3-4-6-15(14)25-17(16)22-19(23)21-11-13-7-9-20-10-8-13/h7-10,12H,3-6,11H2,1-2H3,(H,21,22). The van der Waals surface area contributed by atoms with E-state index in [1.807, 2.05) is 26.0 Å². The molecule has 1 aliphatic rings. The van der Waals surface area contributed by atoms with E-state index in [1.165, 1.54) is 23.3 Å². The Bertz CT molecular complexity index is 959. The molecule has 0 atom stereocenters. The van der Waals surface area contributed by atoms with Gasteiger partial charge in [0.15, 0.2) is 0 Å². The van der Waals surface area contributed by atoms with E-state index in [4.69, 9.17) is 4.98 Å². The van der Waals surface area contributed by atoms with Crippen LogP contribution in [0.2, 0.25) is 0 Å². The smallest absolute Gasteiger partial charge is 0.264 e. The maximum Gasteiger partial charge on any atom is 0.264 e. The Balaban J connectivity index is 1.80. The largest absolute Gasteiger partial charge is 0.351 e. The maximum absolute atomic E-state index is 13.2. The number of anilines is 1. The van der Waals surface area contributed by atoms with Crippen molar-refractivity contribution in [2.75, 3.05) is 5.32 Å². The Morgan fingerprint density at radius 1 is 1.24 bits per heavy atom. The Kier molecular flexibility index (Phi) is 4.29. The van der Waals surface area contributed by atoms with Crippen LogP contribution in [0.5, 0.6) is 0 Å². The summed E-state index contributed by atoms with van der Waals surface area (Å²) in [5.41, 5.74) is 2.46. The SMILES string of the molecule is CC(C)n1c(NCc2ccncc2)nc2sc3c(c2c1=O)CCCC3. The van der Waals surface area contributed by atoms with Crippen LogP contribution >= 0.6 is 11.3 Å². The molecule has 25 heavy (non-hydrogen) atoms. The number of rotatable bonds is 4. The molecule has 3 heterocycles. The predicted molar refractivity (Wildman–Crippen MR) is 102 cm³/mol. The van der Waals surface area contributed by atoms with E-state index < -0.39 is 0 Å². The van der Waals surface area contributed by atoms with Gasteiger partial charge in [-0.3, -0.25) is 14.3 Å². The van der Waals surface area contributed by atoms with E-state index in [0.717, 1.165) is 28.6 Å². The monoisotopic (exact) mass is 354 g/mol. The molecular formula is C19H22N4OS. The van der Waals surface area contributed by atoms with Crippen LogP contribution in [0.15, 0.2) is 29.3 Å². The lowest BCUT2D eigenvalue weighted by atomic mass is 9.97. The number of hydrogen-bond donors (Lipinski definition) is 1. The van der Waals surface area contributed by atoms with Crippen molar-refractivity contribution < 1.29 is 0 Å². The number of aryl methyl sites for hydroxylation is 2. The van der Waals surface area contributed by atoms with Crippen molar-refractivity contribution in [3.05, 3.63) is 50.9 Å². The zero-order valence-corrected chi connectivity index (χ0v) is 15.4. The van der Waals surface area contributed by atoms with Gasteiger partial charge in [-0.2, -0.15) is 0 Å². The lowest BCUT2D eigenvalue weighted by molar-refractivity contribution is 0.579. The van der Waals surface area contributed by atoms with Gasteiger partial charge in [0.25, 0.3) is 5.56 Å². The van der Waals surface area contributed by atoms with E-state index in [0.29, 0.717) is 12.5 Å².